The molecule has 0 aromatic heterocycles. The van der Waals surface area contributed by atoms with Gasteiger partial charge in [-0.25, -0.2) is 0 Å². The van der Waals surface area contributed by atoms with Crippen LogP contribution < -0.4 is 0 Å². The van der Waals surface area contributed by atoms with Crippen LogP contribution in [0.15, 0.2) is 0 Å². The molecule has 30 heavy (non-hydrogen) atoms. The van der Waals surface area contributed by atoms with Gasteiger partial charge in [0.1, 0.15) is 0 Å². The van der Waals surface area contributed by atoms with Crippen LogP contribution in [0.2, 0.25) is 0 Å². The van der Waals surface area contributed by atoms with Crippen LogP contribution in [0.1, 0.15) is 0 Å². The van der Waals surface area contributed by atoms with Crippen molar-refractivity contribution < 1.29 is 118 Å². The molecular weight excluding hydrogens is 573 g/mol. The van der Waals surface area contributed by atoms with E-state index in [2.05, 4.69) is 0 Å². The fourth-order valence-electron chi connectivity index (χ4n) is 0. The summed E-state index contributed by atoms with van der Waals surface area (Å²) in [7, 11) is -15.5. The van der Waals surface area contributed by atoms with E-state index >= 15 is 0 Å². The SMILES string of the molecule is O.O.O.O.O.O.O.O.O.O.O.O.O=S(=O)([O-])[O-].O=S(=O)([O-])[O-].O=S(=O)([O-])[O-].[Al+3].[Al+3].[KH]. The second-order valence-corrected chi connectivity index (χ2v) is 3.67. The maximum atomic E-state index is 8.52. The Morgan fingerprint density at radius 1 is 0.300 bits per heavy atom. The van der Waals surface area contributed by atoms with Gasteiger partial charge in [0, 0.05) is 31.2 Å². The van der Waals surface area contributed by atoms with Crippen molar-refractivity contribution >= 4 is 117 Å². The van der Waals surface area contributed by atoms with Gasteiger partial charge in [-0.3, -0.25) is 25.3 Å². The van der Waals surface area contributed by atoms with Crippen LogP contribution in [-0.2, 0) is 31.2 Å². The topological polar surface area (TPSA) is 619 Å². The van der Waals surface area contributed by atoms with E-state index in [1.807, 2.05) is 0 Å². The van der Waals surface area contributed by atoms with Crippen molar-refractivity contribution in [3.63, 3.8) is 0 Å². The molecule has 24 nitrogen and oxygen atoms in total. The summed E-state index contributed by atoms with van der Waals surface area (Å²) in [4.78, 5) is 0. The zero-order valence-corrected chi connectivity index (χ0v) is 18.0. The van der Waals surface area contributed by atoms with E-state index in [0.717, 1.165) is 0 Å². The second-order valence-electron chi connectivity index (χ2n) is 1.22. The molecule has 24 N–H and O–H groups in total. The third kappa shape index (κ3) is 7390. The first-order valence-electron chi connectivity index (χ1n) is 2.00. The van der Waals surface area contributed by atoms with Gasteiger partial charge in [-0.15, -0.1) is 0 Å². The Kier molecular flexibility index (Phi) is 368. The molecule has 0 aliphatic carbocycles. The minimum absolute atomic E-state index is 0. The number of rotatable bonds is 0. The number of hydrogen-bond acceptors (Lipinski definition) is 12. The summed E-state index contributed by atoms with van der Waals surface area (Å²) in [5, 5.41) is 0. The zero-order valence-electron chi connectivity index (χ0n) is 13.3. The summed E-state index contributed by atoms with van der Waals surface area (Å²) >= 11 is 0. The fraction of sp³-hybridized carbons (Fsp3) is 0. The molecule has 30 heteroatoms. The van der Waals surface area contributed by atoms with Crippen molar-refractivity contribution in [3.05, 3.63) is 0 Å². The first-order chi connectivity index (χ1) is 6.00. The van der Waals surface area contributed by atoms with E-state index in [1.165, 1.54) is 0 Å². The molecule has 0 radical (unpaired) electrons. The van der Waals surface area contributed by atoms with Gasteiger partial charge in [-0.05, 0) is 0 Å². The third-order valence-electron chi connectivity index (χ3n) is 0. The Hall–Kier alpha value is 1.83. The standard InChI is InChI=1S/2Al.K.3H2O4S.12H2O.H/c;;;3*1-5(2,3)4;;;;;;;;;;;;;/h;;;3*(H2,1,2,3,4);12*1H2;/q2*+3;;;;;;;;;;;;;;;;;/p-6. The summed E-state index contributed by atoms with van der Waals surface area (Å²) in [6, 6.07) is 0. The minimum atomic E-state index is -5.17. The van der Waals surface area contributed by atoms with Gasteiger partial charge in [0.2, 0.25) is 0 Å². The average Bonchev–Trinajstić information content (AvgIpc) is 1.41. The van der Waals surface area contributed by atoms with Gasteiger partial charge in [0.05, 0.1) is 0 Å². The van der Waals surface area contributed by atoms with E-state index in [0.29, 0.717) is 0 Å². The van der Waals surface area contributed by atoms with Crippen molar-refractivity contribution in [2.24, 2.45) is 0 Å². The Morgan fingerprint density at radius 3 is 0.300 bits per heavy atom. The van der Waals surface area contributed by atoms with Crippen LogP contribution in [0.4, 0.5) is 0 Å². The van der Waals surface area contributed by atoms with E-state index in [9.17, 15) is 0 Å². The fourth-order valence-corrected chi connectivity index (χ4v) is 0. The molecule has 0 fully saturated rings. The van der Waals surface area contributed by atoms with Gasteiger partial charge in [0.15, 0.2) is 0 Å². The Bertz CT molecular complexity index is 351. The van der Waals surface area contributed by atoms with Crippen molar-refractivity contribution in [1.82, 2.24) is 0 Å². The van der Waals surface area contributed by atoms with E-state index < -0.39 is 31.2 Å². The van der Waals surface area contributed by atoms with Gasteiger partial charge < -0.3 is 93.0 Å². The van der Waals surface area contributed by atoms with Crippen LogP contribution in [0.25, 0.3) is 0 Å². The second kappa shape index (κ2) is 69.8. The van der Waals surface area contributed by atoms with Gasteiger partial charge >= 0.3 is 86.1 Å². The molecule has 0 atom stereocenters. The molecule has 0 heterocycles. The zero-order chi connectivity index (χ0) is 13.5. The molecule has 0 aromatic carbocycles. The molecule has 0 aliphatic rings. The van der Waals surface area contributed by atoms with Crippen LogP contribution in [0.5, 0.6) is 0 Å². The van der Waals surface area contributed by atoms with Gasteiger partial charge in [-0.2, -0.15) is 0 Å². The molecule has 0 unspecified atom stereocenters. The summed E-state index contributed by atoms with van der Waals surface area (Å²) in [5.74, 6) is 0. The monoisotopic (exact) mass is 598 g/mol. The summed E-state index contributed by atoms with van der Waals surface area (Å²) < 4.78 is 102. The Labute approximate surface area is 233 Å². The van der Waals surface area contributed by atoms with E-state index in [-0.39, 0.29) is 152 Å². The Morgan fingerprint density at radius 2 is 0.300 bits per heavy atom. The summed E-state index contributed by atoms with van der Waals surface area (Å²) in [6.07, 6.45) is 0. The first-order valence-corrected chi connectivity index (χ1v) is 6.00. The molecule has 0 aromatic rings. The number of hydrogen-bond donors (Lipinski definition) is 0. The Balaban J connectivity index is -0.00000000360. The molecule has 0 saturated heterocycles. The molecule has 0 spiro atoms. The summed E-state index contributed by atoms with van der Waals surface area (Å²) in [5.41, 5.74) is 0. The van der Waals surface area contributed by atoms with Crippen LogP contribution in [0, 0.1) is 0 Å². The molecule has 0 rings (SSSR count). The summed E-state index contributed by atoms with van der Waals surface area (Å²) in [6.45, 7) is 0. The van der Waals surface area contributed by atoms with Crippen molar-refractivity contribution in [1.29, 1.82) is 0 Å². The molecule has 194 valence electrons. The quantitative estimate of drug-likeness (QED) is 0.142. The normalized spacial score (nSPS) is 5.80. The van der Waals surface area contributed by atoms with E-state index in [1.54, 1.807) is 0 Å². The van der Waals surface area contributed by atoms with Crippen LogP contribution >= 0.6 is 0 Å². The maximum absolute atomic E-state index is 8.52. The van der Waals surface area contributed by atoms with Crippen molar-refractivity contribution in [2.45, 2.75) is 0 Å². The predicted molar refractivity (Wildman–Crippen MR) is 93.4 cm³/mol. The van der Waals surface area contributed by atoms with Crippen LogP contribution in [-0.4, -0.2) is 204 Å². The van der Waals surface area contributed by atoms with Crippen molar-refractivity contribution in [3.8, 4) is 0 Å². The first kappa shape index (κ1) is 158. The molecular formula is H25Al2KO24S3. The molecule has 0 bridgehead atoms. The van der Waals surface area contributed by atoms with Gasteiger partial charge in [-0.1, -0.05) is 0 Å². The van der Waals surface area contributed by atoms with Crippen molar-refractivity contribution in [2.75, 3.05) is 0 Å². The molecule has 0 aliphatic heterocycles. The average molecular weight is 598 g/mol. The predicted octanol–water partition coefficient (Wildman–Crippen LogP) is -15.3. The van der Waals surface area contributed by atoms with E-state index in [4.69, 9.17) is 52.6 Å². The molecule has 0 amide bonds. The third-order valence-corrected chi connectivity index (χ3v) is 0. The van der Waals surface area contributed by atoms with Crippen LogP contribution in [0.3, 0.4) is 0 Å². The van der Waals surface area contributed by atoms with Gasteiger partial charge in [0.25, 0.3) is 0 Å². The molecule has 0 saturated carbocycles.